The Morgan fingerprint density at radius 2 is 2.30 bits per heavy atom. The van der Waals surface area contributed by atoms with Gasteiger partial charge in [-0.25, -0.2) is 4.98 Å². The second kappa shape index (κ2) is 3.05. The monoisotopic (exact) mass is 249 g/mol. The first-order valence-corrected chi connectivity index (χ1v) is 3.77. The summed E-state index contributed by atoms with van der Waals surface area (Å²) in [5, 5.41) is 0. The summed E-state index contributed by atoms with van der Waals surface area (Å²) in [6.45, 7) is 0. The van der Waals surface area contributed by atoms with E-state index in [0.717, 1.165) is 5.82 Å². The lowest BCUT2D eigenvalue weighted by atomic mass is 10.4. The van der Waals surface area contributed by atoms with Crippen LogP contribution in [-0.4, -0.2) is 12.0 Å². The Labute approximate surface area is 73.7 Å². The van der Waals surface area contributed by atoms with E-state index < -0.39 is 0 Å². The quantitative estimate of drug-likeness (QED) is 0.605. The summed E-state index contributed by atoms with van der Waals surface area (Å²) in [5.41, 5.74) is 6.14. The van der Waals surface area contributed by atoms with Gasteiger partial charge in [-0.1, -0.05) is 0 Å². The van der Waals surface area contributed by atoms with Crippen LogP contribution in [-0.2, 0) is 0 Å². The molecule has 0 bridgehead atoms. The number of hydrogen-bond acceptors (Lipinski definition) is 3. The molecule has 0 radical (unpaired) electrons. The van der Waals surface area contributed by atoms with E-state index in [9.17, 15) is 0 Å². The van der Waals surface area contributed by atoms with Crippen molar-refractivity contribution in [2.24, 2.45) is 0 Å². The van der Waals surface area contributed by atoms with Crippen molar-refractivity contribution in [3.8, 4) is 0 Å². The van der Waals surface area contributed by atoms with Crippen LogP contribution in [0.15, 0.2) is 18.3 Å². The third-order valence-electron chi connectivity index (χ3n) is 1.09. The number of nitrogens with zero attached hydrogens (tertiary/aromatic N) is 2. The summed E-state index contributed by atoms with van der Waals surface area (Å²) in [4.78, 5) is 4.07. The zero-order valence-corrected chi connectivity index (χ0v) is 7.74. The Morgan fingerprint density at radius 1 is 1.60 bits per heavy atom. The smallest absolute Gasteiger partial charge is 0.137 e. The minimum atomic E-state index is 0.696. The first-order chi connectivity index (χ1) is 4.70. The Bertz CT molecular complexity index is 207. The van der Waals surface area contributed by atoms with Crippen LogP contribution in [0.2, 0.25) is 0 Å². The summed E-state index contributed by atoms with van der Waals surface area (Å²) in [6, 6.07) is 3.71. The maximum Gasteiger partial charge on any atom is 0.137 e. The van der Waals surface area contributed by atoms with Crippen LogP contribution in [0.1, 0.15) is 0 Å². The molecule has 0 aliphatic carbocycles. The van der Waals surface area contributed by atoms with Gasteiger partial charge < -0.3 is 8.85 Å². The molecule has 2 N–H and O–H groups in total. The molecule has 0 aromatic carbocycles. The summed E-state index contributed by atoms with van der Waals surface area (Å²) in [5.74, 6) is 0.912. The maximum absolute atomic E-state index is 5.44. The van der Waals surface area contributed by atoms with E-state index in [1.807, 2.05) is 22.3 Å². The second-order valence-corrected chi connectivity index (χ2v) is 3.37. The fourth-order valence-electron chi connectivity index (χ4n) is 0.580. The summed E-state index contributed by atoms with van der Waals surface area (Å²) < 4.78 is 1.90. The van der Waals surface area contributed by atoms with E-state index in [-0.39, 0.29) is 0 Å². The minimum Gasteiger partial charge on any atom is -0.397 e. The van der Waals surface area contributed by atoms with Gasteiger partial charge in [-0.15, -0.1) is 0 Å². The molecule has 10 heavy (non-hydrogen) atoms. The van der Waals surface area contributed by atoms with Crippen LogP contribution in [0, 0.1) is 0 Å². The predicted molar refractivity (Wildman–Crippen MR) is 51.1 cm³/mol. The molecule has 3 nitrogen and oxygen atoms in total. The van der Waals surface area contributed by atoms with Crippen LogP contribution < -0.4 is 8.85 Å². The van der Waals surface area contributed by atoms with E-state index in [2.05, 4.69) is 27.8 Å². The van der Waals surface area contributed by atoms with Gasteiger partial charge in [0, 0.05) is 7.05 Å². The molecule has 0 saturated carbocycles. The molecule has 0 atom stereocenters. The first-order valence-electron chi connectivity index (χ1n) is 2.81. The lowest BCUT2D eigenvalue weighted by Gasteiger charge is -2.06. The molecule has 1 heterocycles. The van der Waals surface area contributed by atoms with Crippen LogP contribution >= 0.6 is 22.9 Å². The van der Waals surface area contributed by atoms with Crippen LogP contribution in [0.25, 0.3) is 0 Å². The highest BCUT2D eigenvalue weighted by Crippen LogP contribution is 2.12. The van der Waals surface area contributed by atoms with Gasteiger partial charge in [0.2, 0.25) is 0 Å². The van der Waals surface area contributed by atoms with Crippen molar-refractivity contribution in [2.45, 2.75) is 0 Å². The molecule has 0 aliphatic rings. The standard InChI is InChI=1S/C6H8IN3/c1-10(7)6-3-2-5(8)4-9-6/h2-4H,8H2,1H3. The molecule has 0 unspecified atom stereocenters. The summed E-state index contributed by atoms with van der Waals surface area (Å²) in [7, 11) is 1.93. The summed E-state index contributed by atoms with van der Waals surface area (Å²) >= 11 is 2.15. The molecule has 4 heteroatoms. The van der Waals surface area contributed by atoms with Crippen LogP contribution in [0.4, 0.5) is 11.5 Å². The molecule has 1 aromatic heterocycles. The van der Waals surface area contributed by atoms with Gasteiger partial charge in [-0.3, -0.25) is 0 Å². The number of anilines is 2. The van der Waals surface area contributed by atoms with Gasteiger partial charge >= 0.3 is 0 Å². The number of aromatic nitrogens is 1. The molecular weight excluding hydrogens is 241 g/mol. The SMILES string of the molecule is CN(I)c1ccc(N)cn1. The second-order valence-electron chi connectivity index (χ2n) is 1.93. The molecular formula is C6H8IN3. The Balaban J connectivity index is 2.89. The Hall–Kier alpha value is -0.520. The van der Waals surface area contributed by atoms with Crippen molar-refractivity contribution in [2.75, 3.05) is 15.9 Å². The van der Waals surface area contributed by atoms with Crippen molar-refractivity contribution in [1.29, 1.82) is 0 Å². The van der Waals surface area contributed by atoms with Crippen molar-refractivity contribution in [1.82, 2.24) is 4.98 Å². The number of pyridine rings is 1. The molecule has 54 valence electrons. The van der Waals surface area contributed by atoms with E-state index in [4.69, 9.17) is 5.73 Å². The van der Waals surface area contributed by atoms with Gasteiger partial charge in [-0.2, -0.15) is 0 Å². The Morgan fingerprint density at radius 3 is 2.70 bits per heavy atom. The van der Waals surface area contributed by atoms with E-state index in [0.29, 0.717) is 5.69 Å². The average Bonchev–Trinajstić information content (AvgIpc) is 1.88. The van der Waals surface area contributed by atoms with Crippen molar-refractivity contribution in [3.63, 3.8) is 0 Å². The highest BCUT2D eigenvalue weighted by atomic mass is 127. The van der Waals surface area contributed by atoms with E-state index in [1.54, 1.807) is 6.20 Å². The van der Waals surface area contributed by atoms with Crippen LogP contribution in [0.5, 0.6) is 0 Å². The third kappa shape index (κ3) is 1.73. The van der Waals surface area contributed by atoms with Crippen molar-refractivity contribution in [3.05, 3.63) is 18.3 Å². The van der Waals surface area contributed by atoms with Gasteiger partial charge in [0.05, 0.1) is 34.7 Å². The van der Waals surface area contributed by atoms with Gasteiger partial charge in [-0.05, 0) is 12.1 Å². The Kier molecular flexibility index (Phi) is 2.31. The third-order valence-corrected chi connectivity index (χ3v) is 1.58. The minimum absolute atomic E-state index is 0.696. The molecule has 0 spiro atoms. The maximum atomic E-state index is 5.44. The lowest BCUT2D eigenvalue weighted by Crippen LogP contribution is -2.01. The molecule has 0 fully saturated rings. The number of halogens is 1. The van der Waals surface area contributed by atoms with Crippen molar-refractivity contribution >= 4 is 34.4 Å². The van der Waals surface area contributed by atoms with Crippen LogP contribution in [0.3, 0.4) is 0 Å². The zero-order chi connectivity index (χ0) is 7.56. The highest BCUT2D eigenvalue weighted by molar-refractivity contribution is 14.1. The number of rotatable bonds is 1. The van der Waals surface area contributed by atoms with Gasteiger partial charge in [0.25, 0.3) is 0 Å². The molecule has 1 rings (SSSR count). The van der Waals surface area contributed by atoms with Gasteiger partial charge in [0.1, 0.15) is 5.82 Å². The number of nitrogens with two attached hydrogens (primary N) is 1. The molecule has 1 aromatic rings. The highest BCUT2D eigenvalue weighted by Gasteiger charge is 1.94. The average molecular weight is 249 g/mol. The zero-order valence-electron chi connectivity index (χ0n) is 5.58. The number of nitrogen functional groups attached to an aromatic ring is 1. The molecule has 0 saturated heterocycles. The van der Waals surface area contributed by atoms with E-state index in [1.165, 1.54) is 0 Å². The summed E-state index contributed by atoms with van der Waals surface area (Å²) in [6.07, 6.45) is 1.64. The normalized spacial score (nSPS) is 9.40. The van der Waals surface area contributed by atoms with E-state index >= 15 is 0 Å². The fraction of sp³-hybridized carbons (Fsp3) is 0.167. The predicted octanol–water partition coefficient (Wildman–Crippen LogP) is 1.45. The topological polar surface area (TPSA) is 42.1 Å². The number of hydrogen-bond donors (Lipinski definition) is 1. The molecule has 0 aliphatic heterocycles. The molecule has 0 amide bonds. The fourth-order valence-corrected chi connectivity index (χ4v) is 0.865. The van der Waals surface area contributed by atoms with Gasteiger partial charge in [0.15, 0.2) is 0 Å². The largest absolute Gasteiger partial charge is 0.397 e. The van der Waals surface area contributed by atoms with Crippen molar-refractivity contribution < 1.29 is 0 Å². The first kappa shape index (κ1) is 7.59. The lowest BCUT2D eigenvalue weighted by molar-refractivity contribution is 1.24.